The number of para-hydroxylation sites is 1. The Balaban J connectivity index is 1.49. The molecule has 4 rings (SSSR count). The smallest absolute Gasteiger partial charge is 0.406 e. The highest BCUT2D eigenvalue weighted by Crippen LogP contribution is 2.28. The lowest BCUT2D eigenvalue weighted by Gasteiger charge is -2.24. The van der Waals surface area contributed by atoms with Gasteiger partial charge in [0, 0.05) is 31.6 Å². The molecule has 1 aliphatic heterocycles. The Bertz CT molecular complexity index is 1270. The number of fused-ring (bicyclic) bond motifs is 1. The number of nitrogens with zero attached hydrogens (tertiary/aromatic N) is 2. The fraction of sp³-hybridized carbons (Fsp3) is 0.292. The lowest BCUT2D eigenvalue weighted by Crippen LogP contribution is -2.43. The molecule has 35 heavy (non-hydrogen) atoms. The monoisotopic (exact) mass is 488 g/mol. The number of aromatic nitrogens is 1. The van der Waals surface area contributed by atoms with E-state index in [1.807, 2.05) is 0 Å². The number of halogens is 3. The normalized spacial score (nSPS) is 15.8. The number of ether oxygens (including phenoxy) is 1. The largest absolute Gasteiger partial charge is 0.573 e. The van der Waals surface area contributed by atoms with E-state index in [4.69, 9.17) is 0 Å². The molecule has 0 saturated carbocycles. The predicted octanol–water partition coefficient (Wildman–Crippen LogP) is 4.54. The first kappa shape index (κ1) is 24.1. The Morgan fingerprint density at radius 1 is 1.09 bits per heavy atom. The maximum absolute atomic E-state index is 13.1. The number of alkyl halides is 3. The standard InChI is InChI=1S/C24H23F3N4O4/c1-28-22(33)31-14-18(17-8-2-3-9-19(17)31)29-23(34)30-11-5-10-20(30)21(32)13-15-6-4-7-16(12-15)35-24(25,26)27/h2-4,6-9,12,14,20H,5,10-11,13H2,1H3,(H,28,33)(H,29,34)/t20-/m0/s1. The van der Waals surface area contributed by atoms with Crippen molar-refractivity contribution in [1.82, 2.24) is 14.8 Å². The molecular formula is C24H23F3N4O4. The molecular weight excluding hydrogens is 465 g/mol. The average molecular weight is 488 g/mol. The molecule has 0 spiro atoms. The molecule has 1 saturated heterocycles. The number of carbonyl (C=O) groups excluding carboxylic acids is 3. The molecule has 2 N–H and O–H groups in total. The Morgan fingerprint density at radius 3 is 2.60 bits per heavy atom. The first-order valence-electron chi connectivity index (χ1n) is 10.9. The highest BCUT2D eigenvalue weighted by Gasteiger charge is 2.35. The van der Waals surface area contributed by atoms with Gasteiger partial charge in [0.2, 0.25) is 0 Å². The van der Waals surface area contributed by atoms with Gasteiger partial charge in [-0.1, -0.05) is 30.3 Å². The second-order valence-electron chi connectivity index (χ2n) is 8.10. The number of rotatable bonds is 5. The minimum absolute atomic E-state index is 0.139. The Kier molecular flexibility index (Phi) is 6.68. The summed E-state index contributed by atoms with van der Waals surface area (Å²) in [7, 11) is 1.50. The Hall–Kier alpha value is -4.02. The fourth-order valence-electron chi connectivity index (χ4n) is 4.27. The SMILES string of the molecule is CNC(=O)n1cc(NC(=O)N2CCC[C@H]2C(=O)Cc2cccc(OC(F)(F)F)c2)c2ccccc21. The van der Waals surface area contributed by atoms with E-state index in [0.717, 1.165) is 6.07 Å². The number of Topliss-reactive ketones (excluding diaryl/α,β-unsaturated/α-hetero) is 1. The maximum atomic E-state index is 13.1. The van der Waals surface area contributed by atoms with E-state index >= 15 is 0 Å². The van der Waals surface area contributed by atoms with E-state index in [1.165, 1.54) is 40.9 Å². The van der Waals surface area contributed by atoms with Gasteiger partial charge in [0.25, 0.3) is 0 Å². The van der Waals surface area contributed by atoms with Crippen molar-refractivity contribution in [3.63, 3.8) is 0 Å². The van der Waals surface area contributed by atoms with E-state index in [0.29, 0.717) is 41.5 Å². The van der Waals surface area contributed by atoms with Crippen molar-refractivity contribution in [2.24, 2.45) is 0 Å². The average Bonchev–Trinajstić information content (AvgIpc) is 3.43. The van der Waals surface area contributed by atoms with E-state index in [-0.39, 0.29) is 18.2 Å². The summed E-state index contributed by atoms with van der Waals surface area (Å²) in [6.07, 6.45) is -2.39. The van der Waals surface area contributed by atoms with Crippen molar-refractivity contribution in [3.05, 3.63) is 60.3 Å². The molecule has 0 radical (unpaired) electrons. The molecule has 3 aromatic rings. The van der Waals surface area contributed by atoms with Gasteiger partial charge in [-0.25, -0.2) is 9.59 Å². The zero-order valence-corrected chi connectivity index (χ0v) is 18.8. The summed E-state index contributed by atoms with van der Waals surface area (Å²) >= 11 is 0. The summed E-state index contributed by atoms with van der Waals surface area (Å²) in [5.41, 5.74) is 1.39. The molecule has 0 bridgehead atoms. The number of amides is 3. The molecule has 11 heteroatoms. The van der Waals surface area contributed by atoms with Crippen LogP contribution in [-0.2, 0) is 11.2 Å². The molecule has 0 aliphatic carbocycles. The van der Waals surface area contributed by atoms with Crippen molar-refractivity contribution in [2.45, 2.75) is 31.7 Å². The summed E-state index contributed by atoms with van der Waals surface area (Å²) in [6.45, 7) is 0.355. The van der Waals surface area contributed by atoms with Crippen LogP contribution in [0.25, 0.3) is 10.9 Å². The van der Waals surface area contributed by atoms with Gasteiger partial charge in [0.1, 0.15) is 5.75 Å². The number of benzene rings is 2. The highest BCUT2D eigenvalue weighted by molar-refractivity contribution is 6.05. The van der Waals surface area contributed by atoms with Crippen molar-refractivity contribution in [2.75, 3.05) is 18.9 Å². The predicted molar refractivity (Wildman–Crippen MR) is 122 cm³/mol. The lowest BCUT2D eigenvalue weighted by molar-refractivity contribution is -0.274. The van der Waals surface area contributed by atoms with Crippen molar-refractivity contribution in [1.29, 1.82) is 0 Å². The Labute approximate surface area is 198 Å². The Morgan fingerprint density at radius 2 is 1.86 bits per heavy atom. The van der Waals surface area contributed by atoms with Crippen LogP contribution in [0.1, 0.15) is 18.4 Å². The van der Waals surface area contributed by atoms with Crippen LogP contribution in [0, 0.1) is 0 Å². The van der Waals surface area contributed by atoms with Crippen LogP contribution in [0.3, 0.4) is 0 Å². The molecule has 2 heterocycles. The third-order valence-electron chi connectivity index (χ3n) is 5.78. The summed E-state index contributed by atoms with van der Waals surface area (Å²) in [5, 5.41) is 6.00. The summed E-state index contributed by atoms with van der Waals surface area (Å²) in [6, 6.07) is 10.7. The molecule has 1 aliphatic rings. The van der Waals surface area contributed by atoms with Crippen LogP contribution < -0.4 is 15.4 Å². The second kappa shape index (κ2) is 9.69. The van der Waals surface area contributed by atoms with E-state index in [9.17, 15) is 27.6 Å². The minimum Gasteiger partial charge on any atom is -0.406 e. The summed E-state index contributed by atoms with van der Waals surface area (Å²) in [5.74, 6) is -0.689. The van der Waals surface area contributed by atoms with Gasteiger partial charge in [-0.15, -0.1) is 13.2 Å². The molecule has 2 aromatic carbocycles. The van der Waals surface area contributed by atoms with Gasteiger partial charge in [-0.3, -0.25) is 9.36 Å². The van der Waals surface area contributed by atoms with Gasteiger partial charge in [-0.2, -0.15) is 0 Å². The zero-order chi connectivity index (χ0) is 25.2. The lowest BCUT2D eigenvalue weighted by atomic mass is 10.0. The molecule has 1 atom stereocenters. The van der Waals surface area contributed by atoms with Crippen LogP contribution in [0.2, 0.25) is 0 Å². The van der Waals surface area contributed by atoms with Gasteiger partial charge in [0.05, 0.1) is 17.2 Å². The van der Waals surface area contributed by atoms with E-state index < -0.39 is 24.2 Å². The highest BCUT2D eigenvalue weighted by atomic mass is 19.4. The topological polar surface area (TPSA) is 92.7 Å². The van der Waals surface area contributed by atoms with Crippen molar-refractivity contribution in [3.8, 4) is 5.75 Å². The van der Waals surface area contributed by atoms with Crippen molar-refractivity contribution >= 4 is 34.4 Å². The first-order valence-corrected chi connectivity index (χ1v) is 10.9. The van der Waals surface area contributed by atoms with Crippen LogP contribution in [0.4, 0.5) is 28.4 Å². The van der Waals surface area contributed by atoms with Gasteiger partial charge >= 0.3 is 18.4 Å². The van der Waals surface area contributed by atoms with E-state index in [1.54, 1.807) is 24.3 Å². The number of urea groups is 1. The van der Waals surface area contributed by atoms with Gasteiger partial charge in [-0.05, 0) is 36.6 Å². The maximum Gasteiger partial charge on any atom is 0.573 e. The van der Waals surface area contributed by atoms with E-state index in [2.05, 4.69) is 15.4 Å². The third-order valence-corrected chi connectivity index (χ3v) is 5.78. The fourth-order valence-corrected chi connectivity index (χ4v) is 4.27. The molecule has 1 fully saturated rings. The van der Waals surface area contributed by atoms with Crippen LogP contribution in [0.5, 0.6) is 5.75 Å². The number of likely N-dealkylation sites (tertiary alicyclic amines) is 1. The number of hydrogen-bond donors (Lipinski definition) is 2. The molecule has 1 aromatic heterocycles. The number of anilines is 1. The number of ketones is 1. The van der Waals surface area contributed by atoms with Crippen LogP contribution in [-0.4, -0.2) is 53.3 Å². The molecule has 184 valence electrons. The second-order valence-corrected chi connectivity index (χ2v) is 8.10. The third kappa shape index (κ3) is 5.39. The van der Waals surface area contributed by atoms with Gasteiger partial charge in [0.15, 0.2) is 5.78 Å². The first-order chi connectivity index (χ1) is 16.7. The molecule has 3 amide bonds. The summed E-state index contributed by atoms with van der Waals surface area (Å²) < 4.78 is 42.8. The zero-order valence-electron chi connectivity index (χ0n) is 18.8. The quantitative estimate of drug-likeness (QED) is 0.552. The summed E-state index contributed by atoms with van der Waals surface area (Å²) in [4.78, 5) is 39.7. The van der Waals surface area contributed by atoms with Crippen LogP contribution >= 0.6 is 0 Å². The minimum atomic E-state index is -4.83. The van der Waals surface area contributed by atoms with Gasteiger partial charge < -0.3 is 20.3 Å². The molecule has 8 nitrogen and oxygen atoms in total. The molecule has 0 unspecified atom stereocenters. The number of carbonyl (C=O) groups is 3. The number of hydrogen-bond acceptors (Lipinski definition) is 4. The van der Waals surface area contributed by atoms with Crippen molar-refractivity contribution < 1.29 is 32.3 Å². The number of nitrogens with one attached hydrogen (secondary N) is 2. The van der Waals surface area contributed by atoms with Crippen LogP contribution in [0.15, 0.2) is 54.7 Å².